The van der Waals surface area contributed by atoms with Crippen molar-refractivity contribution in [3.63, 3.8) is 0 Å². The quantitative estimate of drug-likeness (QED) is 0.640. The number of hydrogen-bond acceptors (Lipinski definition) is 2. The number of hydrogen-bond donors (Lipinski definition) is 1. The summed E-state index contributed by atoms with van der Waals surface area (Å²) in [6.07, 6.45) is 2.16. The molecule has 1 aliphatic rings. The molecule has 1 N–H and O–H groups in total. The molecule has 1 rings (SSSR count). The van der Waals surface area contributed by atoms with E-state index in [1.165, 1.54) is 0 Å². The van der Waals surface area contributed by atoms with Crippen molar-refractivity contribution in [2.45, 2.75) is 44.4 Å². The fourth-order valence-electron chi connectivity index (χ4n) is 2.04. The average Bonchev–Trinajstić information content (AvgIpc) is 1.82. The first-order valence-corrected chi connectivity index (χ1v) is 7.37. The highest BCUT2D eigenvalue weighted by Crippen LogP contribution is 2.47. The highest BCUT2D eigenvalue weighted by atomic mass is 31.2. The average molecular weight is 189 g/mol. The zero-order valence-electron chi connectivity index (χ0n) is 8.50. The molecule has 2 unspecified atom stereocenters. The van der Waals surface area contributed by atoms with Gasteiger partial charge in [0.05, 0.1) is 7.14 Å². The Bertz CT molecular complexity index is 189. The van der Waals surface area contributed by atoms with Crippen molar-refractivity contribution in [1.82, 2.24) is 5.32 Å². The second-order valence-electron chi connectivity index (χ2n) is 4.53. The molecule has 0 bridgehead atoms. The summed E-state index contributed by atoms with van der Waals surface area (Å²) in [5, 5.41) is 3.46. The fraction of sp³-hybridized carbons (Fsp3) is 1.00. The van der Waals surface area contributed by atoms with Crippen LogP contribution in [0.1, 0.15) is 26.7 Å². The minimum absolute atomic E-state index is 0.448. The van der Waals surface area contributed by atoms with Crippen LogP contribution in [0.25, 0.3) is 0 Å². The normalized spacial score (nSPS) is 38.2. The zero-order chi connectivity index (χ0) is 9.35. The lowest BCUT2D eigenvalue weighted by Crippen LogP contribution is -2.44. The van der Waals surface area contributed by atoms with E-state index in [4.69, 9.17) is 0 Å². The molecule has 0 aromatic heterocycles. The second-order valence-corrected chi connectivity index (χ2v) is 8.13. The largest absolute Gasteiger partial charge is 0.324 e. The smallest absolute Gasteiger partial charge is 0.0849 e. The monoisotopic (exact) mass is 189 g/mol. The molecule has 72 valence electrons. The van der Waals surface area contributed by atoms with Crippen LogP contribution < -0.4 is 5.32 Å². The molecule has 12 heavy (non-hydrogen) atoms. The van der Waals surface area contributed by atoms with Crippen molar-refractivity contribution in [2.24, 2.45) is 0 Å². The van der Waals surface area contributed by atoms with Crippen LogP contribution in [-0.2, 0) is 4.57 Å². The molecule has 0 spiro atoms. The third-order valence-electron chi connectivity index (χ3n) is 2.70. The van der Waals surface area contributed by atoms with Crippen LogP contribution in [0.15, 0.2) is 0 Å². The summed E-state index contributed by atoms with van der Waals surface area (Å²) in [7, 11) is -1.86. The first kappa shape index (κ1) is 10.3. The molecule has 1 aliphatic heterocycles. The van der Waals surface area contributed by atoms with E-state index in [9.17, 15) is 4.57 Å². The first-order chi connectivity index (χ1) is 5.39. The van der Waals surface area contributed by atoms with Gasteiger partial charge in [-0.05, 0) is 40.0 Å². The van der Waals surface area contributed by atoms with Gasteiger partial charge in [0.25, 0.3) is 0 Å². The highest BCUT2D eigenvalue weighted by molar-refractivity contribution is 7.63. The Hall–Kier alpha value is 0.190. The SMILES string of the molecule is CC1CC(P(C)(C)=O)CC(C)N1. The standard InChI is InChI=1S/C9H20NOP/c1-7-5-9(12(3,4)11)6-8(2)10-7/h7-10H,5-6H2,1-4H3. The summed E-state index contributed by atoms with van der Waals surface area (Å²) in [6, 6.07) is 1.07. The van der Waals surface area contributed by atoms with Gasteiger partial charge < -0.3 is 9.88 Å². The molecular formula is C9H20NOP. The lowest BCUT2D eigenvalue weighted by molar-refractivity contribution is 0.351. The van der Waals surface area contributed by atoms with Crippen LogP contribution in [0.4, 0.5) is 0 Å². The number of piperidine rings is 1. The molecule has 1 saturated heterocycles. The zero-order valence-corrected chi connectivity index (χ0v) is 9.40. The molecule has 2 atom stereocenters. The van der Waals surface area contributed by atoms with E-state index in [0.29, 0.717) is 17.7 Å². The van der Waals surface area contributed by atoms with E-state index < -0.39 is 7.14 Å². The second kappa shape index (κ2) is 3.51. The summed E-state index contributed by atoms with van der Waals surface area (Å²) in [5.74, 6) is 0. The van der Waals surface area contributed by atoms with E-state index in [2.05, 4.69) is 19.2 Å². The van der Waals surface area contributed by atoms with Crippen LogP contribution in [0.5, 0.6) is 0 Å². The Kier molecular flexibility index (Phi) is 3.01. The minimum atomic E-state index is -1.86. The predicted molar refractivity (Wildman–Crippen MR) is 54.5 cm³/mol. The third-order valence-corrected chi connectivity index (χ3v) is 4.88. The summed E-state index contributed by atoms with van der Waals surface area (Å²) in [5.41, 5.74) is 0.448. The van der Waals surface area contributed by atoms with Crippen molar-refractivity contribution < 1.29 is 4.57 Å². The molecule has 0 amide bonds. The van der Waals surface area contributed by atoms with Crippen LogP contribution in [0.2, 0.25) is 0 Å². The van der Waals surface area contributed by atoms with Crippen LogP contribution in [-0.4, -0.2) is 31.1 Å². The van der Waals surface area contributed by atoms with Gasteiger partial charge in [-0.1, -0.05) is 0 Å². The summed E-state index contributed by atoms with van der Waals surface area (Å²) in [4.78, 5) is 0. The van der Waals surface area contributed by atoms with Crippen molar-refractivity contribution >= 4 is 7.14 Å². The van der Waals surface area contributed by atoms with Crippen molar-refractivity contribution in [3.05, 3.63) is 0 Å². The molecule has 0 saturated carbocycles. The summed E-state index contributed by atoms with van der Waals surface area (Å²) >= 11 is 0. The van der Waals surface area contributed by atoms with E-state index in [1.807, 2.05) is 13.3 Å². The topological polar surface area (TPSA) is 29.1 Å². The lowest BCUT2D eigenvalue weighted by Gasteiger charge is -2.34. The molecule has 2 nitrogen and oxygen atoms in total. The molecule has 0 radical (unpaired) electrons. The maximum absolute atomic E-state index is 11.8. The van der Waals surface area contributed by atoms with E-state index in [0.717, 1.165) is 12.8 Å². The van der Waals surface area contributed by atoms with Gasteiger partial charge >= 0.3 is 0 Å². The van der Waals surface area contributed by atoms with Crippen LogP contribution in [0, 0.1) is 0 Å². The Morgan fingerprint density at radius 2 is 1.58 bits per heavy atom. The van der Waals surface area contributed by atoms with Crippen molar-refractivity contribution in [1.29, 1.82) is 0 Å². The first-order valence-electron chi connectivity index (χ1n) is 4.70. The van der Waals surface area contributed by atoms with Crippen LogP contribution >= 0.6 is 7.14 Å². The predicted octanol–water partition coefficient (Wildman–Crippen LogP) is 2.14. The van der Waals surface area contributed by atoms with Gasteiger partial charge in [-0.25, -0.2) is 0 Å². The molecule has 1 fully saturated rings. The molecular weight excluding hydrogens is 169 g/mol. The molecule has 0 aliphatic carbocycles. The van der Waals surface area contributed by atoms with Gasteiger partial charge in [0.2, 0.25) is 0 Å². The maximum Gasteiger partial charge on any atom is 0.0849 e. The van der Waals surface area contributed by atoms with Crippen molar-refractivity contribution in [3.8, 4) is 0 Å². The number of rotatable bonds is 1. The molecule has 1 heterocycles. The van der Waals surface area contributed by atoms with E-state index in [1.54, 1.807) is 0 Å². The molecule has 0 aromatic rings. The van der Waals surface area contributed by atoms with E-state index >= 15 is 0 Å². The number of nitrogens with one attached hydrogen (secondary N) is 1. The minimum Gasteiger partial charge on any atom is -0.324 e. The molecule has 0 aromatic carbocycles. The highest BCUT2D eigenvalue weighted by Gasteiger charge is 2.30. The Morgan fingerprint density at radius 1 is 1.17 bits per heavy atom. The van der Waals surface area contributed by atoms with Gasteiger partial charge in [0, 0.05) is 17.7 Å². The Morgan fingerprint density at radius 3 is 1.92 bits per heavy atom. The van der Waals surface area contributed by atoms with Crippen molar-refractivity contribution in [2.75, 3.05) is 13.3 Å². The summed E-state index contributed by atoms with van der Waals surface area (Å²) < 4.78 is 11.8. The molecule has 3 heteroatoms. The maximum atomic E-state index is 11.8. The van der Waals surface area contributed by atoms with E-state index in [-0.39, 0.29) is 0 Å². The lowest BCUT2D eigenvalue weighted by atomic mass is 10.0. The fourth-order valence-corrected chi connectivity index (χ4v) is 3.69. The van der Waals surface area contributed by atoms with Gasteiger partial charge in [-0.15, -0.1) is 0 Å². The van der Waals surface area contributed by atoms with Gasteiger partial charge in [0.1, 0.15) is 0 Å². The summed E-state index contributed by atoms with van der Waals surface area (Å²) in [6.45, 7) is 8.20. The Balaban J connectivity index is 2.62. The Labute approximate surface area is 75.5 Å². The van der Waals surface area contributed by atoms with Gasteiger partial charge in [-0.2, -0.15) is 0 Å². The van der Waals surface area contributed by atoms with Gasteiger partial charge in [-0.3, -0.25) is 0 Å². The third kappa shape index (κ3) is 2.60. The van der Waals surface area contributed by atoms with Gasteiger partial charge in [0.15, 0.2) is 0 Å². The van der Waals surface area contributed by atoms with Crippen LogP contribution in [0.3, 0.4) is 0 Å².